The Bertz CT molecular complexity index is 411. The van der Waals surface area contributed by atoms with Gasteiger partial charge in [0.15, 0.2) is 0 Å². The second-order valence-corrected chi connectivity index (χ2v) is 4.56. The Morgan fingerprint density at radius 2 is 2.06 bits per heavy atom. The molecular formula is C12H17ClN4. The third-order valence-corrected chi connectivity index (χ3v) is 2.82. The lowest BCUT2D eigenvalue weighted by atomic mass is 10.2. The molecule has 1 heterocycles. The third-order valence-electron chi connectivity index (χ3n) is 2.45. The number of hydrogen-bond donors (Lipinski definition) is 0. The second kappa shape index (κ2) is 6.43. The van der Waals surface area contributed by atoms with Crippen LogP contribution in [0.15, 0.2) is 12.3 Å². The molecule has 1 rings (SSSR count). The van der Waals surface area contributed by atoms with Crippen LogP contribution < -0.4 is 4.90 Å². The van der Waals surface area contributed by atoms with Gasteiger partial charge >= 0.3 is 0 Å². The Hall–Kier alpha value is -1.31. The number of nitrogens with zero attached hydrogens (tertiary/aromatic N) is 4. The highest BCUT2D eigenvalue weighted by Gasteiger charge is 2.11. The fourth-order valence-corrected chi connectivity index (χ4v) is 1.81. The van der Waals surface area contributed by atoms with Crippen molar-refractivity contribution < 1.29 is 0 Å². The van der Waals surface area contributed by atoms with Crippen molar-refractivity contribution in [1.82, 2.24) is 9.88 Å². The minimum Gasteiger partial charge on any atom is -0.358 e. The summed E-state index contributed by atoms with van der Waals surface area (Å²) in [7, 11) is 6.02. The zero-order chi connectivity index (χ0) is 12.8. The van der Waals surface area contributed by atoms with Gasteiger partial charge in [0.25, 0.3) is 0 Å². The molecule has 0 bridgehead atoms. The molecule has 5 heteroatoms. The summed E-state index contributed by atoms with van der Waals surface area (Å²) in [6, 6.07) is 3.68. The molecule has 0 radical (unpaired) electrons. The van der Waals surface area contributed by atoms with Crippen molar-refractivity contribution in [1.29, 1.82) is 5.26 Å². The molecule has 0 atom stereocenters. The van der Waals surface area contributed by atoms with Gasteiger partial charge in [0, 0.05) is 19.8 Å². The number of aromatic nitrogens is 1. The van der Waals surface area contributed by atoms with Crippen molar-refractivity contribution in [3.05, 3.63) is 22.8 Å². The zero-order valence-corrected chi connectivity index (χ0v) is 11.2. The van der Waals surface area contributed by atoms with Gasteiger partial charge in [0.05, 0.1) is 5.56 Å². The van der Waals surface area contributed by atoms with Gasteiger partial charge in [-0.15, -0.1) is 0 Å². The van der Waals surface area contributed by atoms with Crippen LogP contribution in [0, 0.1) is 11.3 Å². The van der Waals surface area contributed by atoms with Crippen molar-refractivity contribution in [3.63, 3.8) is 0 Å². The maximum absolute atomic E-state index is 8.89. The largest absolute Gasteiger partial charge is 0.358 e. The zero-order valence-electron chi connectivity index (χ0n) is 10.4. The van der Waals surface area contributed by atoms with Crippen LogP contribution in [0.2, 0.25) is 5.02 Å². The van der Waals surface area contributed by atoms with Gasteiger partial charge in [-0.05, 0) is 33.1 Å². The molecule has 0 aromatic carbocycles. The van der Waals surface area contributed by atoms with Gasteiger partial charge in [-0.2, -0.15) is 5.26 Å². The minimum atomic E-state index is 0.433. The van der Waals surface area contributed by atoms with Gasteiger partial charge in [0.2, 0.25) is 0 Å². The van der Waals surface area contributed by atoms with Crippen LogP contribution in [0.1, 0.15) is 12.0 Å². The first kappa shape index (κ1) is 13.8. The van der Waals surface area contributed by atoms with Crippen LogP contribution in [0.25, 0.3) is 0 Å². The summed E-state index contributed by atoms with van der Waals surface area (Å²) in [5.41, 5.74) is 0.469. The lowest BCUT2D eigenvalue weighted by Crippen LogP contribution is -2.24. The molecule has 17 heavy (non-hydrogen) atoms. The van der Waals surface area contributed by atoms with Gasteiger partial charge < -0.3 is 9.80 Å². The fraction of sp³-hybridized carbons (Fsp3) is 0.500. The van der Waals surface area contributed by atoms with Crippen LogP contribution in [0.5, 0.6) is 0 Å². The summed E-state index contributed by atoms with van der Waals surface area (Å²) in [5, 5.41) is 9.32. The summed E-state index contributed by atoms with van der Waals surface area (Å²) in [5.74, 6) is 0.671. The van der Waals surface area contributed by atoms with E-state index in [0.717, 1.165) is 19.5 Å². The Balaban J connectivity index is 2.69. The maximum atomic E-state index is 8.89. The SMILES string of the molecule is CN(C)CCCN(C)c1nccc(C#N)c1Cl. The molecule has 0 aliphatic heterocycles. The van der Waals surface area contributed by atoms with E-state index < -0.39 is 0 Å². The van der Waals surface area contributed by atoms with Crippen molar-refractivity contribution in [2.24, 2.45) is 0 Å². The normalized spacial score (nSPS) is 10.4. The van der Waals surface area contributed by atoms with Crippen LogP contribution in [0.3, 0.4) is 0 Å². The molecule has 0 unspecified atom stereocenters. The van der Waals surface area contributed by atoms with E-state index in [-0.39, 0.29) is 0 Å². The van der Waals surface area contributed by atoms with Crippen molar-refractivity contribution in [3.8, 4) is 6.07 Å². The highest BCUT2D eigenvalue weighted by Crippen LogP contribution is 2.25. The smallest absolute Gasteiger partial charge is 0.148 e. The first-order valence-electron chi connectivity index (χ1n) is 5.46. The second-order valence-electron chi connectivity index (χ2n) is 4.19. The number of pyridine rings is 1. The number of anilines is 1. The van der Waals surface area contributed by atoms with E-state index in [4.69, 9.17) is 16.9 Å². The molecule has 1 aromatic heterocycles. The lowest BCUT2D eigenvalue weighted by molar-refractivity contribution is 0.401. The summed E-state index contributed by atoms with van der Waals surface area (Å²) in [6.07, 6.45) is 2.64. The molecule has 0 N–H and O–H groups in total. The standard InChI is InChI=1S/C12H17ClN4/c1-16(2)7-4-8-17(3)12-11(13)10(9-14)5-6-15-12/h5-6H,4,7-8H2,1-3H3. The Morgan fingerprint density at radius 3 is 2.65 bits per heavy atom. The van der Waals surface area contributed by atoms with Gasteiger partial charge in [0.1, 0.15) is 16.9 Å². The van der Waals surface area contributed by atoms with E-state index in [1.165, 1.54) is 0 Å². The summed E-state index contributed by atoms with van der Waals surface area (Å²) < 4.78 is 0. The number of rotatable bonds is 5. The van der Waals surface area contributed by atoms with E-state index in [1.807, 2.05) is 26.0 Å². The summed E-state index contributed by atoms with van der Waals surface area (Å²) >= 11 is 6.11. The average molecular weight is 253 g/mol. The van der Waals surface area contributed by atoms with E-state index in [1.54, 1.807) is 12.3 Å². The van der Waals surface area contributed by atoms with E-state index in [2.05, 4.69) is 16.0 Å². The molecule has 92 valence electrons. The monoisotopic (exact) mass is 252 g/mol. The molecule has 4 nitrogen and oxygen atoms in total. The predicted molar refractivity (Wildman–Crippen MR) is 70.4 cm³/mol. The highest BCUT2D eigenvalue weighted by molar-refractivity contribution is 6.34. The van der Waals surface area contributed by atoms with E-state index in [0.29, 0.717) is 16.4 Å². The molecule has 0 amide bonds. The van der Waals surface area contributed by atoms with Gasteiger partial charge in [-0.3, -0.25) is 0 Å². The summed E-state index contributed by atoms with van der Waals surface area (Å²) in [4.78, 5) is 8.33. The molecule has 0 fully saturated rings. The topological polar surface area (TPSA) is 43.2 Å². The Morgan fingerprint density at radius 1 is 1.35 bits per heavy atom. The Kier molecular flexibility index (Phi) is 5.20. The van der Waals surface area contributed by atoms with Crippen LogP contribution >= 0.6 is 11.6 Å². The first-order chi connectivity index (χ1) is 8.06. The highest BCUT2D eigenvalue weighted by atomic mass is 35.5. The minimum absolute atomic E-state index is 0.433. The maximum Gasteiger partial charge on any atom is 0.148 e. The van der Waals surface area contributed by atoms with Crippen LogP contribution in [0.4, 0.5) is 5.82 Å². The summed E-state index contributed by atoms with van der Waals surface area (Å²) in [6.45, 7) is 1.87. The predicted octanol–water partition coefficient (Wildman–Crippen LogP) is 1.99. The van der Waals surface area contributed by atoms with Crippen LogP contribution in [-0.4, -0.2) is 44.1 Å². The lowest BCUT2D eigenvalue weighted by Gasteiger charge is -2.20. The average Bonchev–Trinajstić information content (AvgIpc) is 2.28. The van der Waals surface area contributed by atoms with Crippen molar-refractivity contribution in [2.45, 2.75) is 6.42 Å². The van der Waals surface area contributed by atoms with Gasteiger partial charge in [-0.25, -0.2) is 4.98 Å². The van der Waals surface area contributed by atoms with Crippen LogP contribution in [-0.2, 0) is 0 Å². The number of hydrogen-bond acceptors (Lipinski definition) is 4. The molecule has 1 aromatic rings. The molecule has 0 aliphatic rings. The number of halogens is 1. The van der Waals surface area contributed by atoms with E-state index >= 15 is 0 Å². The molecule has 0 spiro atoms. The molecule has 0 saturated carbocycles. The first-order valence-corrected chi connectivity index (χ1v) is 5.84. The molecule has 0 saturated heterocycles. The third kappa shape index (κ3) is 3.88. The van der Waals surface area contributed by atoms with Gasteiger partial charge in [-0.1, -0.05) is 11.6 Å². The fourth-order valence-electron chi connectivity index (χ4n) is 1.52. The Labute approximate surface area is 107 Å². The van der Waals surface area contributed by atoms with E-state index in [9.17, 15) is 0 Å². The molecule has 0 aliphatic carbocycles. The number of nitriles is 1. The quantitative estimate of drug-likeness (QED) is 0.804. The molecular weight excluding hydrogens is 236 g/mol. The van der Waals surface area contributed by atoms with Crippen molar-refractivity contribution >= 4 is 17.4 Å². The van der Waals surface area contributed by atoms with Crippen molar-refractivity contribution in [2.75, 3.05) is 39.1 Å².